The van der Waals surface area contributed by atoms with Crippen LogP contribution in [-0.2, 0) is 12.8 Å². The molecule has 1 aromatic rings. The Hall–Kier alpha value is -1.70. The second-order valence-electron chi connectivity index (χ2n) is 5.03. The number of anilines is 1. The molecule has 0 unspecified atom stereocenters. The molecule has 104 valence electrons. The predicted octanol–water partition coefficient (Wildman–Crippen LogP) is 4.47. The molecule has 0 heterocycles. The number of hydrogen-bond acceptors (Lipinski definition) is 2. The largest absolute Gasteiger partial charge is 0.342 e. The normalized spacial score (nSPS) is 10.2. The first kappa shape index (κ1) is 15.4. The summed E-state index contributed by atoms with van der Waals surface area (Å²) in [6, 6.07) is 4.49. The van der Waals surface area contributed by atoms with Gasteiger partial charge in [-0.05, 0) is 37.8 Å². The fraction of sp³-hybridized carbons (Fsp3) is 0.412. The number of allylic oxidation sites excluding steroid dienone is 1. The van der Waals surface area contributed by atoms with Crippen LogP contribution in [0.5, 0.6) is 0 Å². The average molecular weight is 258 g/mol. The van der Waals surface area contributed by atoms with Crippen molar-refractivity contribution in [1.29, 1.82) is 0 Å². The van der Waals surface area contributed by atoms with Crippen molar-refractivity contribution in [3.05, 3.63) is 53.5 Å². The van der Waals surface area contributed by atoms with Gasteiger partial charge in [0.2, 0.25) is 0 Å². The van der Waals surface area contributed by atoms with Crippen molar-refractivity contribution in [1.82, 2.24) is 4.90 Å². The summed E-state index contributed by atoms with van der Waals surface area (Å²) in [6.45, 7) is 16.5. The SMILES string of the molecule is C=C(C)N(C)C(=C)Nc1c(CC)cc(C)cc1CC. The topological polar surface area (TPSA) is 15.3 Å². The van der Waals surface area contributed by atoms with Crippen LogP contribution in [0.25, 0.3) is 0 Å². The van der Waals surface area contributed by atoms with Crippen LogP contribution in [0, 0.1) is 6.92 Å². The highest BCUT2D eigenvalue weighted by Gasteiger charge is 2.10. The van der Waals surface area contributed by atoms with Crippen molar-refractivity contribution in [2.75, 3.05) is 12.4 Å². The molecule has 2 heteroatoms. The maximum atomic E-state index is 4.10. The third-order valence-electron chi connectivity index (χ3n) is 3.45. The fourth-order valence-corrected chi connectivity index (χ4v) is 2.12. The van der Waals surface area contributed by atoms with E-state index in [9.17, 15) is 0 Å². The Labute approximate surface area is 117 Å². The van der Waals surface area contributed by atoms with Gasteiger partial charge < -0.3 is 10.2 Å². The molecule has 0 bridgehead atoms. The van der Waals surface area contributed by atoms with Crippen LogP contribution in [0.4, 0.5) is 5.69 Å². The van der Waals surface area contributed by atoms with E-state index in [2.05, 4.69) is 51.4 Å². The lowest BCUT2D eigenvalue weighted by Gasteiger charge is -2.25. The summed E-state index contributed by atoms with van der Waals surface area (Å²) >= 11 is 0. The van der Waals surface area contributed by atoms with Gasteiger partial charge in [-0.2, -0.15) is 0 Å². The molecular formula is C17H26N2. The van der Waals surface area contributed by atoms with E-state index in [0.29, 0.717) is 0 Å². The molecule has 2 nitrogen and oxygen atoms in total. The van der Waals surface area contributed by atoms with E-state index in [1.807, 2.05) is 18.9 Å². The van der Waals surface area contributed by atoms with Gasteiger partial charge in [-0.3, -0.25) is 0 Å². The second kappa shape index (κ2) is 6.46. The molecule has 0 fully saturated rings. The van der Waals surface area contributed by atoms with Gasteiger partial charge in [0.05, 0.1) is 0 Å². The molecular weight excluding hydrogens is 232 g/mol. The molecule has 1 rings (SSSR count). The molecule has 0 amide bonds. The number of nitrogens with one attached hydrogen (secondary N) is 1. The van der Waals surface area contributed by atoms with Crippen molar-refractivity contribution in [2.45, 2.75) is 40.5 Å². The molecule has 0 saturated heterocycles. The first-order chi connectivity index (χ1) is 8.90. The van der Waals surface area contributed by atoms with Crippen LogP contribution < -0.4 is 5.32 Å². The van der Waals surface area contributed by atoms with E-state index in [-0.39, 0.29) is 0 Å². The first-order valence-electron chi connectivity index (χ1n) is 6.88. The van der Waals surface area contributed by atoms with E-state index in [1.54, 1.807) is 0 Å². The standard InChI is InChI=1S/C17H26N2/c1-8-15-10-13(5)11-16(9-2)17(15)18-14(6)19(7)12(3)4/h10-11,18H,3,6,8-9H2,1-2,4-5,7H3. The third kappa shape index (κ3) is 3.63. The molecule has 0 saturated carbocycles. The van der Waals surface area contributed by atoms with Gasteiger partial charge in [0.25, 0.3) is 0 Å². The van der Waals surface area contributed by atoms with Gasteiger partial charge >= 0.3 is 0 Å². The Kier molecular flexibility index (Phi) is 5.22. The third-order valence-corrected chi connectivity index (χ3v) is 3.45. The summed E-state index contributed by atoms with van der Waals surface area (Å²) in [4.78, 5) is 1.97. The second-order valence-corrected chi connectivity index (χ2v) is 5.03. The number of benzene rings is 1. The highest BCUT2D eigenvalue weighted by molar-refractivity contribution is 5.62. The molecule has 0 aliphatic rings. The highest BCUT2D eigenvalue weighted by Crippen LogP contribution is 2.26. The van der Waals surface area contributed by atoms with Gasteiger partial charge in [-0.1, -0.05) is 44.7 Å². The van der Waals surface area contributed by atoms with Crippen LogP contribution in [0.1, 0.15) is 37.5 Å². The summed E-state index contributed by atoms with van der Waals surface area (Å²) in [7, 11) is 1.98. The van der Waals surface area contributed by atoms with E-state index in [0.717, 1.165) is 24.4 Å². The molecule has 1 N–H and O–H groups in total. The van der Waals surface area contributed by atoms with Crippen molar-refractivity contribution in [2.24, 2.45) is 0 Å². The minimum atomic E-state index is 0.862. The molecule has 0 spiro atoms. The maximum Gasteiger partial charge on any atom is 0.102 e. The lowest BCUT2D eigenvalue weighted by atomic mass is 9.99. The van der Waals surface area contributed by atoms with Crippen molar-refractivity contribution in [3.8, 4) is 0 Å². The van der Waals surface area contributed by atoms with Crippen molar-refractivity contribution in [3.63, 3.8) is 0 Å². The average Bonchev–Trinajstić information content (AvgIpc) is 2.38. The number of rotatable bonds is 6. The first-order valence-corrected chi connectivity index (χ1v) is 6.88. The minimum Gasteiger partial charge on any atom is -0.342 e. The molecule has 0 atom stereocenters. The molecule has 0 aliphatic heterocycles. The summed E-state index contributed by atoms with van der Waals surface area (Å²) in [5.41, 5.74) is 6.17. The van der Waals surface area contributed by atoms with Crippen LogP contribution in [-0.4, -0.2) is 11.9 Å². The molecule has 0 aromatic heterocycles. The summed E-state index contributed by atoms with van der Waals surface area (Å²) in [5, 5.41) is 3.46. The molecule has 19 heavy (non-hydrogen) atoms. The zero-order valence-electron chi connectivity index (χ0n) is 12.9. The molecule has 1 aromatic carbocycles. The zero-order chi connectivity index (χ0) is 14.6. The van der Waals surface area contributed by atoms with Gasteiger partial charge in [-0.15, -0.1) is 0 Å². The monoisotopic (exact) mass is 258 g/mol. The number of nitrogens with zero attached hydrogens (tertiary/aromatic N) is 1. The molecule has 0 radical (unpaired) electrons. The van der Waals surface area contributed by atoms with Gasteiger partial charge in [0, 0.05) is 18.4 Å². The summed E-state index contributed by atoms with van der Waals surface area (Å²) in [5.74, 6) is 0.862. The summed E-state index contributed by atoms with van der Waals surface area (Å²) < 4.78 is 0. The van der Waals surface area contributed by atoms with Gasteiger partial charge in [-0.25, -0.2) is 0 Å². The number of hydrogen-bond donors (Lipinski definition) is 1. The lowest BCUT2D eigenvalue weighted by molar-refractivity contribution is 0.531. The molecule has 0 aliphatic carbocycles. The van der Waals surface area contributed by atoms with E-state index in [4.69, 9.17) is 0 Å². The quantitative estimate of drug-likeness (QED) is 0.810. The van der Waals surface area contributed by atoms with E-state index >= 15 is 0 Å². The van der Waals surface area contributed by atoms with Gasteiger partial charge in [0.15, 0.2) is 0 Å². The Balaban J connectivity index is 3.12. The van der Waals surface area contributed by atoms with E-state index < -0.39 is 0 Å². The van der Waals surface area contributed by atoms with Crippen LogP contribution >= 0.6 is 0 Å². The smallest absolute Gasteiger partial charge is 0.102 e. The van der Waals surface area contributed by atoms with Crippen molar-refractivity contribution >= 4 is 5.69 Å². The number of aryl methyl sites for hydroxylation is 3. The minimum absolute atomic E-state index is 0.862. The fourth-order valence-electron chi connectivity index (χ4n) is 2.12. The van der Waals surface area contributed by atoms with Gasteiger partial charge in [0.1, 0.15) is 5.82 Å². The Bertz CT molecular complexity index is 461. The Morgan fingerprint density at radius 3 is 2.00 bits per heavy atom. The lowest BCUT2D eigenvalue weighted by Crippen LogP contribution is -2.21. The van der Waals surface area contributed by atoms with Crippen LogP contribution in [0.3, 0.4) is 0 Å². The van der Waals surface area contributed by atoms with E-state index in [1.165, 1.54) is 22.4 Å². The van der Waals surface area contributed by atoms with Crippen LogP contribution in [0.2, 0.25) is 0 Å². The maximum absolute atomic E-state index is 4.10. The van der Waals surface area contributed by atoms with Crippen molar-refractivity contribution < 1.29 is 0 Å². The predicted molar refractivity (Wildman–Crippen MR) is 85.3 cm³/mol. The zero-order valence-corrected chi connectivity index (χ0v) is 12.9. The Morgan fingerprint density at radius 1 is 1.16 bits per heavy atom. The summed E-state index contributed by atoms with van der Waals surface area (Å²) in [6.07, 6.45) is 2.03. The highest BCUT2D eigenvalue weighted by atomic mass is 15.2. The van der Waals surface area contributed by atoms with Crippen LogP contribution in [0.15, 0.2) is 36.8 Å². The Morgan fingerprint density at radius 2 is 1.63 bits per heavy atom.